The average molecular weight is 277 g/mol. The Hall–Kier alpha value is -1.39. The predicted octanol–water partition coefficient (Wildman–Crippen LogP) is 2.25. The number of amides is 1. The van der Waals surface area contributed by atoms with Gasteiger partial charge in [0.1, 0.15) is 0 Å². The van der Waals surface area contributed by atoms with Crippen LogP contribution in [0.25, 0.3) is 0 Å². The summed E-state index contributed by atoms with van der Waals surface area (Å²) in [5, 5.41) is 12.2. The molecule has 0 aromatic heterocycles. The fraction of sp³-hybridized carbons (Fsp3) is 0.562. The van der Waals surface area contributed by atoms with Gasteiger partial charge in [-0.15, -0.1) is 0 Å². The van der Waals surface area contributed by atoms with Crippen LogP contribution in [0.1, 0.15) is 50.0 Å². The highest BCUT2D eigenvalue weighted by atomic mass is 16.5. The normalized spacial score (nSPS) is 23.6. The smallest absolute Gasteiger partial charge is 0.251 e. The van der Waals surface area contributed by atoms with Crippen molar-refractivity contribution in [1.82, 2.24) is 5.32 Å². The van der Waals surface area contributed by atoms with Crippen molar-refractivity contribution in [2.75, 3.05) is 0 Å². The summed E-state index contributed by atoms with van der Waals surface area (Å²) in [6.07, 6.45) is 0.783. The second-order valence-corrected chi connectivity index (χ2v) is 6.55. The molecule has 0 spiro atoms. The Bertz CT molecular complexity index is 508. The number of hydrogen-bond donors (Lipinski definition) is 2. The first-order valence-electron chi connectivity index (χ1n) is 6.94. The van der Waals surface area contributed by atoms with Crippen molar-refractivity contribution < 1.29 is 14.6 Å². The molecule has 1 aliphatic heterocycles. The fourth-order valence-corrected chi connectivity index (χ4v) is 2.84. The zero-order chi connectivity index (χ0) is 15.0. The molecule has 2 N–H and O–H groups in total. The van der Waals surface area contributed by atoms with E-state index < -0.39 is 0 Å². The maximum atomic E-state index is 12.3. The lowest BCUT2D eigenvalue weighted by Crippen LogP contribution is -2.46. The molecule has 0 aliphatic carbocycles. The molecule has 1 atom stereocenters. The quantitative estimate of drug-likeness (QED) is 0.891. The van der Waals surface area contributed by atoms with Gasteiger partial charge in [-0.3, -0.25) is 4.79 Å². The highest BCUT2D eigenvalue weighted by molar-refractivity contribution is 5.94. The van der Waals surface area contributed by atoms with Crippen LogP contribution in [0.5, 0.6) is 0 Å². The summed E-state index contributed by atoms with van der Waals surface area (Å²) in [5.41, 5.74) is 0.694. The first kappa shape index (κ1) is 15.0. The lowest BCUT2D eigenvalue weighted by molar-refractivity contribution is -0.0693. The molecular formula is C16H23NO3. The van der Waals surface area contributed by atoms with Gasteiger partial charge in [0.2, 0.25) is 0 Å². The van der Waals surface area contributed by atoms with Crippen LogP contribution in [0.15, 0.2) is 24.3 Å². The van der Waals surface area contributed by atoms with E-state index in [1.807, 2.05) is 27.7 Å². The number of aliphatic hydroxyl groups excluding tert-OH is 1. The van der Waals surface area contributed by atoms with Crippen LogP contribution >= 0.6 is 0 Å². The second kappa shape index (κ2) is 5.19. The van der Waals surface area contributed by atoms with Crippen LogP contribution in [-0.2, 0) is 11.3 Å². The molecule has 1 heterocycles. The molecule has 0 bridgehead atoms. The number of carbonyl (C=O) groups excluding carboxylic acids is 1. The number of benzene rings is 1. The highest BCUT2D eigenvalue weighted by Gasteiger charge is 2.46. The van der Waals surface area contributed by atoms with Crippen molar-refractivity contribution in [3.63, 3.8) is 0 Å². The Kier molecular flexibility index (Phi) is 3.89. The van der Waals surface area contributed by atoms with Gasteiger partial charge in [-0.1, -0.05) is 12.1 Å². The molecule has 1 fully saturated rings. The van der Waals surface area contributed by atoms with E-state index in [4.69, 9.17) is 9.84 Å². The van der Waals surface area contributed by atoms with E-state index in [9.17, 15) is 4.79 Å². The number of rotatable bonds is 3. The summed E-state index contributed by atoms with van der Waals surface area (Å²) in [6, 6.07) is 7.01. The van der Waals surface area contributed by atoms with Crippen molar-refractivity contribution in [3.8, 4) is 0 Å². The van der Waals surface area contributed by atoms with E-state index in [-0.39, 0.29) is 29.8 Å². The number of carbonyl (C=O) groups is 1. The Balaban J connectivity index is 2.11. The number of hydrogen-bond acceptors (Lipinski definition) is 3. The van der Waals surface area contributed by atoms with Gasteiger partial charge in [0.05, 0.1) is 23.9 Å². The number of nitrogens with one attached hydrogen (secondary N) is 1. The highest BCUT2D eigenvalue weighted by Crippen LogP contribution is 2.37. The minimum Gasteiger partial charge on any atom is -0.392 e. The van der Waals surface area contributed by atoms with Crippen LogP contribution in [0, 0.1) is 0 Å². The molecule has 0 radical (unpaired) electrons. The molecule has 4 nitrogen and oxygen atoms in total. The van der Waals surface area contributed by atoms with E-state index in [0.29, 0.717) is 5.56 Å². The SMILES string of the molecule is CC1(C)C[C@H](NC(=O)c2cccc(CO)c2)C(C)(C)O1. The molecule has 1 aromatic carbocycles. The fourth-order valence-electron chi connectivity index (χ4n) is 2.84. The van der Waals surface area contributed by atoms with Crippen molar-refractivity contribution in [2.45, 2.75) is 58.0 Å². The van der Waals surface area contributed by atoms with Gasteiger partial charge >= 0.3 is 0 Å². The van der Waals surface area contributed by atoms with Gasteiger partial charge in [-0.05, 0) is 51.8 Å². The zero-order valence-corrected chi connectivity index (χ0v) is 12.6. The van der Waals surface area contributed by atoms with Crippen LogP contribution < -0.4 is 5.32 Å². The summed E-state index contributed by atoms with van der Waals surface area (Å²) >= 11 is 0. The summed E-state index contributed by atoms with van der Waals surface area (Å²) in [5.74, 6) is -0.125. The van der Waals surface area contributed by atoms with Gasteiger partial charge in [-0.25, -0.2) is 0 Å². The molecule has 0 saturated carbocycles. The van der Waals surface area contributed by atoms with Crippen molar-refractivity contribution in [3.05, 3.63) is 35.4 Å². The molecule has 0 unspecified atom stereocenters. The second-order valence-electron chi connectivity index (χ2n) is 6.55. The molecule has 1 amide bonds. The Morgan fingerprint density at radius 2 is 2.10 bits per heavy atom. The van der Waals surface area contributed by atoms with Crippen LogP contribution in [0.4, 0.5) is 0 Å². The van der Waals surface area contributed by atoms with E-state index in [1.54, 1.807) is 24.3 Å². The standard InChI is InChI=1S/C16H23NO3/c1-15(2)9-13(16(3,4)20-15)17-14(19)12-7-5-6-11(8-12)10-18/h5-8,13,18H,9-10H2,1-4H3,(H,17,19)/t13-/m0/s1. The zero-order valence-electron chi connectivity index (χ0n) is 12.6. The number of ether oxygens (including phenoxy) is 1. The third kappa shape index (κ3) is 3.19. The van der Waals surface area contributed by atoms with Gasteiger partial charge < -0.3 is 15.2 Å². The summed E-state index contributed by atoms with van der Waals surface area (Å²) in [7, 11) is 0. The maximum absolute atomic E-state index is 12.3. The maximum Gasteiger partial charge on any atom is 0.251 e. The summed E-state index contributed by atoms with van der Waals surface area (Å²) in [6.45, 7) is 8.00. The Morgan fingerprint density at radius 3 is 2.65 bits per heavy atom. The minimum atomic E-state index is -0.381. The molecule has 20 heavy (non-hydrogen) atoms. The van der Waals surface area contributed by atoms with E-state index >= 15 is 0 Å². The molecule has 4 heteroatoms. The third-order valence-electron chi connectivity index (χ3n) is 3.75. The summed E-state index contributed by atoms with van der Waals surface area (Å²) in [4.78, 5) is 12.3. The molecule has 2 rings (SSSR count). The van der Waals surface area contributed by atoms with Crippen LogP contribution in [0.3, 0.4) is 0 Å². The van der Waals surface area contributed by atoms with Crippen LogP contribution in [0.2, 0.25) is 0 Å². The lowest BCUT2D eigenvalue weighted by atomic mass is 9.94. The van der Waals surface area contributed by atoms with E-state index in [0.717, 1.165) is 12.0 Å². The van der Waals surface area contributed by atoms with Gasteiger partial charge in [-0.2, -0.15) is 0 Å². The van der Waals surface area contributed by atoms with Gasteiger partial charge in [0.25, 0.3) is 5.91 Å². The van der Waals surface area contributed by atoms with Crippen molar-refractivity contribution in [2.24, 2.45) is 0 Å². The largest absolute Gasteiger partial charge is 0.392 e. The van der Waals surface area contributed by atoms with E-state index in [1.165, 1.54) is 0 Å². The Morgan fingerprint density at radius 1 is 1.40 bits per heavy atom. The number of aliphatic hydroxyl groups is 1. The topological polar surface area (TPSA) is 58.6 Å². The molecule has 1 aliphatic rings. The van der Waals surface area contributed by atoms with Gasteiger partial charge in [0.15, 0.2) is 0 Å². The van der Waals surface area contributed by atoms with Crippen molar-refractivity contribution in [1.29, 1.82) is 0 Å². The summed E-state index contributed by atoms with van der Waals surface area (Å²) < 4.78 is 5.98. The first-order chi connectivity index (χ1) is 9.23. The van der Waals surface area contributed by atoms with Gasteiger partial charge in [0, 0.05) is 5.56 Å². The molecule has 1 saturated heterocycles. The molecule has 110 valence electrons. The third-order valence-corrected chi connectivity index (χ3v) is 3.75. The van der Waals surface area contributed by atoms with E-state index in [2.05, 4.69) is 5.32 Å². The predicted molar refractivity (Wildman–Crippen MR) is 77.5 cm³/mol. The molecule has 1 aromatic rings. The monoisotopic (exact) mass is 277 g/mol. The average Bonchev–Trinajstić information content (AvgIpc) is 2.57. The van der Waals surface area contributed by atoms with Crippen LogP contribution in [-0.4, -0.2) is 28.3 Å². The van der Waals surface area contributed by atoms with Crippen molar-refractivity contribution >= 4 is 5.91 Å². The molecular weight excluding hydrogens is 254 g/mol. The Labute approximate surface area is 120 Å². The lowest BCUT2D eigenvalue weighted by Gasteiger charge is -2.27. The minimum absolute atomic E-state index is 0.0252. The first-order valence-corrected chi connectivity index (χ1v) is 6.94.